The van der Waals surface area contributed by atoms with E-state index in [4.69, 9.17) is 17.4 Å². The highest BCUT2D eigenvalue weighted by Gasteiger charge is 2.17. The summed E-state index contributed by atoms with van der Waals surface area (Å²) >= 11 is 5.81. The fourth-order valence-electron chi connectivity index (χ4n) is 1.44. The Balaban J connectivity index is 2.33. The van der Waals surface area contributed by atoms with Crippen LogP contribution in [0.2, 0.25) is 5.02 Å². The molecule has 0 spiro atoms. The quantitative estimate of drug-likeness (QED) is 0.592. The van der Waals surface area contributed by atoms with Crippen LogP contribution in [0, 0.1) is 5.82 Å². The number of aromatic nitrogens is 1. The van der Waals surface area contributed by atoms with E-state index < -0.39 is 15.8 Å². The summed E-state index contributed by atoms with van der Waals surface area (Å²) in [5.74, 6) is 4.74. The molecule has 0 saturated heterocycles. The number of pyridine rings is 1. The first kappa shape index (κ1) is 14.5. The lowest BCUT2D eigenvalue weighted by Crippen LogP contribution is -2.15. The van der Waals surface area contributed by atoms with Crippen molar-refractivity contribution in [3.05, 3.63) is 47.4 Å². The van der Waals surface area contributed by atoms with E-state index in [-0.39, 0.29) is 21.4 Å². The molecule has 4 N–H and O–H groups in total. The van der Waals surface area contributed by atoms with Gasteiger partial charge in [-0.15, -0.1) is 0 Å². The average Bonchev–Trinajstić information content (AvgIpc) is 2.38. The Morgan fingerprint density at radius 1 is 1.30 bits per heavy atom. The molecule has 0 fully saturated rings. The first-order valence-corrected chi connectivity index (χ1v) is 7.19. The fourth-order valence-corrected chi connectivity index (χ4v) is 2.74. The van der Waals surface area contributed by atoms with Crippen molar-refractivity contribution in [2.24, 2.45) is 5.84 Å². The van der Waals surface area contributed by atoms with E-state index in [1.807, 2.05) is 0 Å². The highest BCUT2D eigenvalue weighted by molar-refractivity contribution is 7.92. The molecule has 1 heterocycles. The Morgan fingerprint density at radius 3 is 2.65 bits per heavy atom. The van der Waals surface area contributed by atoms with Crippen molar-refractivity contribution in [3.8, 4) is 0 Å². The molecule has 1 aromatic heterocycles. The number of anilines is 2. The number of nitrogen functional groups attached to an aromatic ring is 1. The standard InChI is InChI=1S/C11H10ClFN4O2S/c12-10-5-9(6-15-11(10)16-14)20(18,19)17-8-3-1-2-7(13)4-8/h1-6,17H,14H2,(H,15,16). The predicted octanol–water partition coefficient (Wildman–Crippen LogP) is 1.96. The van der Waals surface area contributed by atoms with Crippen LogP contribution in [0.25, 0.3) is 0 Å². The number of hydrogen-bond donors (Lipinski definition) is 3. The molecular weight excluding hydrogens is 307 g/mol. The smallest absolute Gasteiger partial charge is 0.263 e. The molecule has 0 aliphatic carbocycles. The van der Waals surface area contributed by atoms with Gasteiger partial charge in [0.1, 0.15) is 10.7 Å². The second-order valence-electron chi connectivity index (χ2n) is 3.76. The molecule has 0 unspecified atom stereocenters. The number of hydrazine groups is 1. The Morgan fingerprint density at radius 2 is 2.05 bits per heavy atom. The summed E-state index contributed by atoms with van der Waals surface area (Å²) in [6.45, 7) is 0. The van der Waals surface area contributed by atoms with Gasteiger partial charge in [-0.25, -0.2) is 23.6 Å². The largest absolute Gasteiger partial charge is 0.307 e. The summed E-state index contributed by atoms with van der Waals surface area (Å²) in [4.78, 5) is 3.60. The second kappa shape index (κ2) is 5.61. The first-order valence-electron chi connectivity index (χ1n) is 5.33. The number of hydrogen-bond acceptors (Lipinski definition) is 5. The van der Waals surface area contributed by atoms with E-state index in [2.05, 4.69) is 15.1 Å². The van der Waals surface area contributed by atoms with Crippen LogP contribution in [0.1, 0.15) is 0 Å². The average molecular weight is 317 g/mol. The van der Waals surface area contributed by atoms with Crippen LogP contribution in [-0.4, -0.2) is 13.4 Å². The minimum absolute atomic E-state index is 0.0506. The summed E-state index contributed by atoms with van der Waals surface area (Å²) in [5.41, 5.74) is 2.32. The van der Waals surface area contributed by atoms with E-state index >= 15 is 0 Å². The van der Waals surface area contributed by atoms with Gasteiger partial charge in [-0.05, 0) is 24.3 Å². The molecule has 9 heteroatoms. The van der Waals surface area contributed by atoms with Gasteiger partial charge < -0.3 is 5.43 Å². The van der Waals surface area contributed by atoms with Crippen LogP contribution < -0.4 is 16.0 Å². The molecule has 0 saturated carbocycles. The van der Waals surface area contributed by atoms with E-state index in [1.54, 1.807) is 0 Å². The zero-order valence-corrected chi connectivity index (χ0v) is 11.5. The Kier molecular flexibility index (Phi) is 4.07. The summed E-state index contributed by atoms with van der Waals surface area (Å²) in [6.07, 6.45) is 1.09. The SMILES string of the molecule is NNc1ncc(S(=O)(=O)Nc2cccc(F)c2)cc1Cl. The Labute approximate surface area is 119 Å². The van der Waals surface area contributed by atoms with Crippen molar-refractivity contribution in [1.82, 2.24) is 4.98 Å². The first-order chi connectivity index (χ1) is 9.42. The molecule has 2 rings (SSSR count). The topological polar surface area (TPSA) is 97.1 Å². The maximum absolute atomic E-state index is 13.0. The van der Waals surface area contributed by atoms with Crippen LogP contribution in [0.5, 0.6) is 0 Å². The lowest BCUT2D eigenvalue weighted by molar-refractivity contribution is 0.600. The molecule has 106 valence electrons. The van der Waals surface area contributed by atoms with Gasteiger partial charge in [-0.1, -0.05) is 17.7 Å². The van der Waals surface area contributed by atoms with E-state index in [0.717, 1.165) is 12.3 Å². The fraction of sp³-hybridized carbons (Fsp3) is 0. The summed E-state index contributed by atoms with van der Waals surface area (Å²) in [7, 11) is -3.91. The van der Waals surface area contributed by atoms with Crippen molar-refractivity contribution >= 4 is 33.1 Å². The number of nitrogens with one attached hydrogen (secondary N) is 2. The Hall–Kier alpha value is -1.90. The highest BCUT2D eigenvalue weighted by atomic mass is 35.5. The van der Waals surface area contributed by atoms with Gasteiger partial charge in [-0.2, -0.15) is 0 Å². The molecular formula is C11H10ClFN4O2S. The van der Waals surface area contributed by atoms with Crippen molar-refractivity contribution in [2.45, 2.75) is 4.90 Å². The van der Waals surface area contributed by atoms with Gasteiger partial charge in [0.15, 0.2) is 5.82 Å². The summed E-state index contributed by atoms with van der Waals surface area (Å²) < 4.78 is 39.4. The normalized spacial score (nSPS) is 11.2. The maximum Gasteiger partial charge on any atom is 0.263 e. The minimum atomic E-state index is -3.91. The van der Waals surface area contributed by atoms with Crippen LogP contribution in [0.4, 0.5) is 15.9 Å². The Bertz CT molecular complexity index is 739. The monoisotopic (exact) mass is 316 g/mol. The van der Waals surface area contributed by atoms with Gasteiger partial charge in [0, 0.05) is 6.20 Å². The molecule has 6 nitrogen and oxygen atoms in total. The molecule has 0 aliphatic rings. The zero-order chi connectivity index (χ0) is 14.8. The number of nitrogens with two attached hydrogens (primary N) is 1. The minimum Gasteiger partial charge on any atom is -0.307 e. The van der Waals surface area contributed by atoms with Crippen molar-refractivity contribution in [2.75, 3.05) is 10.1 Å². The van der Waals surface area contributed by atoms with E-state index in [1.165, 1.54) is 24.3 Å². The van der Waals surface area contributed by atoms with E-state index in [0.29, 0.717) is 0 Å². The van der Waals surface area contributed by atoms with Crippen molar-refractivity contribution in [1.29, 1.82) is 0 Å². The van der Waals surface area contributed by atoms with Crippen LogP contribution in [-0.2, 0) is 10.0 Å². The molecule has 0 atom stereocenters. The van der Waals surface area contributed by atoms with Gasteiger partial charge in [0.2, 0.25) is 0 Å². The number of halogens is 2. The van der Waals surface area contributed by atoms with Gasteiger partial charge in [0.25, 0.3) is 10.0 Å². The number of rotatable bonds is 4. The van der Waals surface area contributed by atoms with Crippen LogP contribution in [0.3, 0.4) is 0 Å². The van der Waals surface area contributed by atoms with Crippen molar-refractivity contribution < 1.29 is 12.8 Å². The van der Waals surface area contributed by atoms with Gasteiger partial charge in [0.05, 0.1) is 10.7 Å². The number of nitrogens with zero attached hydrogens (tertiary/aromatic N) is 1. The van der Waals surface area contributed by atoms with Crippen LogP contribution in [0.15, 0.2) is 41.4 Å². The molecule has 0 amide bonds. The third-order valence-corrected chi connectivity index (χ3v) is 3.98. The molecule has 20 heavy (non-hydrogen) atoms. The molecule has 0 aliphatic heterocycles. The van der Waals surface area contributed by atoms with Gasteiger partial charge >= 0.3 is 0 Å². The summed E-state index contributed by atoms with van der Waals surface area (Å²) in [5, 5.41) is 0.0506. The van der Waals surface area contributed by atoms with Crippen molar-refractivity contribution in [3.63, 3.8) is 0 Å². The third kappa shape index (κ3) is 3.16. The molecule has 0 radical (unpaired) electrons. The van der Waals surface area contributed by atoms with Crippen LogP contribution >= 0.6 is 11.6 Å². The van der Waals surface area contributed by atoms with Gasteiger partial charge in [-0.3, -0.25) is 4.72 Å². The molecule has 0 bridgehead atoms. The lowest BCUT2D eigenvalue weighted by atomic mass is 10.3. The number of sulfonamides is 1. The zero-order valence-electron chi connectivity index (χ0n) is 9.97. The molecule has 2 aromatic rings. The van der Waals surface area contributed by atoms with E-state index in [9.17, 15) is 12.8 Å². The highest BCUT2D eigenvalue weighted by Crippen LogP contribution is 2.23. The third-order valence-electron chi connectivity index (χ3n) is 2.34. The lowest BCUT2D eigenvalue weighted by Gasteiger charge is -2.09. The molecule has 1 aromatic carbocycles. The summed E-state index contributed by atoms with van der Waals surface area (Å²) in [6, 6.07) is 6.26. The predicted molar refractivity (Wildman–Crippen MR) is 74.3 cm³/mol. The number of benzene rings is 1. The second-order valence-corrected chi connectivity index (χ2v) is 5.85. The maximum atomic E-state index is 13.0.